The average molecular weight is 340 g/mol. The van der Waals surface area contributed by atoms with Gasteiger partial charge >= 0.3 is 0 Å². The molecular weight excluding hydrogens is 312 g/mol. The fourth-order valence-electron chi connectivity index (χ4n) is 3.78. The van der Waals surface area contributed by atoms with E-state index >= 15 is 0 Å². The second-order valence-corrected chi connectivity index (χ2v) is 7.49. The monoisotopic (exact) mass is 340 g/mol. The third kappa shape index (κ3) is 4.59. The minimum Gasteiger partial charge on any atom is -0.334 e. The van der Waals surface area contributed by atoms with Crippen LogP contribution in [0, 0.1) is 11.3 Å². The zero-order valence-electron chi connectivity index (χ0n) is 15.1. The van der Waals surface area contributed by atoms with Gasteiger partial charge in [-0.2, -0.15) is 5.26 Å². The summed E-state index contributed by atoms with van der Waals surface area (Å²) in [5.41, 5.74) is 1.14. The van der Waals surface area contributed by atoms with E-state index in [-0.39, 0.29) is 5.91 Å². The maximum absolute atomic E-state index is 12.7. The second kappa shape index (κ2) is 7.99. The molecule has 25 heavy (non-hydrogen) atoms. The molecule has 1 saturated heterocycles. The molecule has 0 radical (unpaired) electrons. The lowest BCUT2D eigenvalue weighted by Gasteiger charge is -2.32. The quantitative estimate of drug-likeness (QED) is 0.914. The van der Waals surface area contributed by atoms with E-state index in [1.807, 2.05) is 18.2 Å². The Labute approximate surface area is 150 Å². The number of likely N-dealkylation sites (N-methyl/N-ethyl adjacent to an activating group) is 1. The van der Waals surface area contributed by atoms with Gasteiger partial charge in [-0.3, -0.25) is 9.69 Å². The molecule has 5 heteroatoms. The lowest BCUT2D eigenvalue weighted by atomic mass is 9.82. The first-order valence-corrected chi connectivity index (χ1v) is 9.34. The van der Waals surface area contributed by atoms with Crippen molar-refractivity contribution in [1.82, 2.24) is 15.1 Å². The molecule has 0 aromatic heterocycles. The summed E-state index contributed by atoms with van der Waals surface area (Å²) in [6.45, 7) is 5.17. The molecule has 134 valence electrons. The first kappa shape index (κ1) is 17.9. The normalized spacial score (nSPS) is 21.4. The molecule has 0 atom stereocenters. The zero-order chi connectivity index (χ0) is 17.7. The van der Waals surface area contributed by atoms with Gasteiger partial charge in [-0.25, -0.2) is 0 Å². The van der Waals surface area contributed by atoms with E-state index in [4.69, 9.17) is 0 Å². The van der Waals surface area contributed by atoms with Gasteiger partial charge in [-0.05, 0) is 37.6 Å². The van der Waals surface area contributed by atoms with E-state index in [0.717, 1.165) is 70.4 Å². The highest BCUT2D eigenvalue weighted by molar-refractivity contribution is 5.95. The number of carbonyl (C=O) groups is 1. The van der Waals surface area contributed by atoms with Crippen LogP contribution in [0.4, 0.5) is 0 Å². The summed E-state index contributed by atoms with van der Waals surface area (Å²) in [5.74, 6) is -0.122. The van der Waals surface area contributed by atoms with Crippen molar-refractivity contribution in [1.29, 1.82) is 5.26 Å². The van der Waals surface area contributed by atoms with E-state index in [1.54, 1.807) is 0 Å². The van der Waals surface area contributed by atoms with E-state index in [1.165, 1.54) is 0 Å². The predicted octanol–water partition coefficient (Wildman–Crippen LogP) is 2.39. The van der Waals surface area contributed by atoms with Crippen molar-refractivity contribution in [3.05, 3.63) is 35.4 Å². The van der Waals surface area contributed by atoms with E-state index in [9.17, 15) is 10.1 Å². The third-order valence-electron chi connectivity index (χ3n) is 5.47. The number of amides is 1. The average Bonchev–Trinajstić information content (AvgIpc) is 2.64. The molecule has 1 aromatic carbocycles. The number of hydrogen-bond acceptors (Lipinski definition) is 4. The molecular formula is C20H28N4O. The summed E-state index contributed by atoms with van der Waals surface area (Å²) < 4.78 is 0. The van der Waals surface area contributed by atoms with Crippen LogP contribution in [-0.4, -0.2) is 54.5 Å². The molecule has 1 aliphatic carbocycles. The van der Waals surface area contributed by atoms with Crippen LogP contribution in [0.25, 0.3) is 0 Å². The number of nitriles is 1. The number of piperazine rings is 1. The lowest BCUT2D eigenvalue weighted by molar-refractivity contribution is 0.0902. The van der Waals surface area contributed by atoms with Crippen molar-refractivity contribution >= 4 is 5.91 Å². The summed E-state index contributed by atoms with van der Waals surface area (Å²) in [7, 11) is 2.15. The topological polar surface area (TPSA) is 59.4 Å². The molecule has 1 N–H and O–H groups in total. The molecule has 3 rings (SSSR count). The SMILES string of the molecule is CN1CCN(Cc2cccc(C(=O)NC3(C#N)CCCCC3)c2)CC1. The Morgan fingerprint density at radius 2 is 1.92 bits per heavy atom. The van der Waals surface area contributed by atoms with Crippen molar-refractivity contribution in [3.8, 4) is 6.07 Å². The van der Waals surface area contributed by atoms with Gasteiger partial charge in [-0.1, -0.05) is 31.4 Å². The van der Waals surface area contributed by atoms with Crippen LogP contribution in [0.3, 0.4) is 0 Å². The Hall–Kier alpha value is -1.90. The fourth-order valence-corrected chi connectivity index (χ4v) is 3.78. The Balaban J connectivity index is 1.64. The molecule has 1 aliphatic heterocycles. The predicted molar refractivity (Wildman–Crippen MR) is 98.1 cm³/mol. The van der Waals surface area contributed by atoms with E-state index in [0.29, 0.717) is 5.56 Å². The Kier molecular flexibility index (Phi) is 5.72. The number of benzene rings is 1. The molecule has 1 saturated carbocycles. The van der Waals surface area contributed by atoms with E-state index in [2.05, 4.69) is 34.3 Å². The number of carbonyl (C=O) groups excluding carboxylic acids is 1. The largest absolute Gasteiger partial charge is 0.334 e. The number of hydrogen-bond donors (Lipinski definition) is 1. The first-order valence-electron chi connectivity index (χ1n) is 9.34. The van der Waals surface area contributed by atoms with E-state index < -0.39 is 5.54 Å². The zero-order valence-corrected chi connectivity index (χ0v) is 15.1. The van der Waals surface area contributed by atoms with Gasteiger partial charge in [0, 0.05) is 38.3 Å². The van der Waals surface area contributed by atoms with Gasteiger partial charge in [0.1, 0.15) is 5.54 Å². The smallest absolute Gasteiger partial charge is 0.252 e. The van der Waals surface area contributed by atoms with Gasteiger partial charge in [-0.15, -0.1) is 0 Å². The third-order valence-corrected chi connectivity index (χ3v) is 5.47. The van der Waals surface area contributed by atoms with Gasteiger partial charge in [0.15, 0.2) is 0 Å². The standard InChI is InChI=1S/C20H28N4O/c1-23-10-12-24(13-11-23)15-17-6-5-7-18(14-17)19(25)22-20(16-21)8-3-2-4-9-20/h5-7,14H,2-4,8-13,15H2,1H3,(H,22,25). The molecule has 1 amide bonds. The van der Waals surface area contributed by atoms with Crippen LogP contribution < -0.4 is 5.32 Å². The van der Waals surface area contributed by atoms with Gasteiger partial charge in [0.05, 0.1) is 6.07 Å². The lowest BCUT2D eigenvalue weighted by Crippen LogP contribution is -2.48. The van der Waals surface area contributed by atoms with Crippen molar-refractivity contribution in [3.63, 3.8) is 0 Å². The summed E-state index contributed by atoms with van der Waals surface area (Å²) >= 11 is 0. The van der Waals surface area contributed by atoms with Crippen LogP contribution in [0.5, 0.6) is 0 Å². The van der Waals surface area contributed by atoms with Crippen LogP contribution in [-0.2, 0) is 6.54 Å². The Bertz CT molecular complexity index is 637. The minimum atomic E-state index is -0.678. The highest BCUT2D eigenvalue weighted by Crippen LogP contribution is 2.28. The molecule has 2 aliphatic rings. The molecule has 0 spiro atoms. The van der Waals surface area contributed by atoms with Gasteiger partial charge < -0.3 is 10.2 Å². The second-order valence-electron chi connectivity index (χ2n) is 7.49. The number of nitrogens with zero attached hydrogens (tertiary/aromatic N) is 3. The highest BCUT2D eigenvalue weighted by atomic mass is 16.1. The Morgan fingerprint density at radius 1 is 1.20 bits per heavy atom. The highest BCUT2D eigenvalue weighted by Gasteiger charge is 2.33. The fraction of sp³-hybridized carbons (Fsp3) is 0.600. The molecule has 1 aromatic rings. The number of rotatable bonds is 4. The van der Waals surface area contributed by atoms with Crippen LogP contribution in [0.1, 0.15) is 48.0 Å². The molecule has 0 bridgehead atoms. The van der Waals surface area contributed by atoms with Crippen molar-refractivity contribution in [2.75, 3.05) is 33.2 Å². The molecule has 0 unspecified atom stereocenters. The maximum Gasteiger partial charge on any atom is 0.252 e. The molecule has 2 fully saturated rings. The van der Waals surface area contributed by atoms with Crippen molar-refractivity contribution < 1.29 is 4.79 Å². The first-order chi connectivity index (χ1) is 12.1. The molecule has 5 nitrogen and oxygen atoms in total. The van der Waals surface area contributed by atoms with Crippen LogP contribution in [0.15, 0.2) is 24.3 Å². The minimum absolute atomic E-state index is 0.122. The van der Waals surface area contributed by atoms with Crippen molar-refractivity contribution in [2.45, 2.75) is 44.2 Å². The van der Waals surface area contributed by atoms with Gasteiger partial charge in [0.25, 0.3) is 5.91 Å². The summed E-state index contributed by atoms with van der Waals surface area (Å²) in [5, 5.41) is 12.6. The molecule has 1 heterocycles. The summed E-state index contributed by atoms with van der Waals surface area (Å²) in [4.78, 5) is 17.4. The van der Waals surface area contributed by atoms with Gasteiger partial charge in [0.2, 0.25) is 0 Å². The van der Waals surface area contributed by atoms with Crippen LogP contribution >= 0.6 is 0 Å². The summed E-state index contributed by atoms with van der Waals surface area (Å²) in [6, 6.07) is 10.2. The summed E-state index contributed by atoms with van der Waals surface area (Å²) in [6.07, 6.45) is 4.70. The van der Waals surface area contributed by atoms with Crippen molar-refractivity contribution in [2.24, 2.45) is 0 Å². The maximum atomic E-state index is 12.7. The van der Waals surface area contributed by atoms with Crippen LogP contribution in [0.2, 0.25) is 0 Å². The Morgan fingerprint density at radius 3 is 2.60 bits per heavy atom. The number of nitrogens with one attached hydrogen (secondary N) is 1.